The van der Waals surface area contributed by atoms with Crippen LogP contribution in [-0.2, 0) is 13.5 Å². The summed E-state index contributed by atoms with van der Waals surface area (Å²) in [5.41, 5.74) is 0.822. The molecule has 0 aromatic carbocycles. The molecule has 20 heavy (non-hydrogen) atoms. The molecule has 6 nitrogen and oxygen atoms in total. The second-order valence-corrected chi connectivity index (χ2v) is 5.44. The largest absolute Gasteiger partial charge is 0.369 e. The number of rotatable bonds is 5. The van der Waals surface area contributed by atoms with E-state index in [0.717, 1.165) is 29.8 Å². The van der Waals surface area contributed by atoms with Gasteiger partial charge >= 0.3 is 0 Å². The predicted octanol–water partition coefficient (Wildman–Crippen LogP) is 2.12. The average Bonchev–Trinajstić information content (AvgIpc) is 3.09. The van der Waals surface area contributed by atoms with Crippen molar-refractivity contribution in [2.45, 2.75) is 6.42 Å². The summed E-state index contributed by atoms with van der Waals surface area (Å²) in [6.07, 6.45) is 2.78. The van der Waals surface area contributed by atoms with Crippen LogP contribution >= 0.6 is 11.3 Å². The van der Waals surface area contributed by atoms with E-state index in [1.165, 1.54) is 4.88 Å². The molecule has 0 aliphatic carbocycles. The van der Waals surface area contributed by atoms with E-state index in [-0.39, 0.29) is 0 Å². The minimum Gasteiger partial charge on any atom is -0.369 e. The number of anilines is 2. The van der Waals surface area contributed by atoms with E-state index in [4.69, 9.17) is 0 Å². The zero-order valence-electron chi connectivity index (χ0n) is 11.4. The fraction of sp³-hybridized carbons (Fsp3) is 0.308. The molecule has 0 amide bonds. The number of thiophene rings is 1. The molecule has 0 aliphatic heterocycles. The van der Waals surface area contributed by atoms with Crippen molar-refractivity contribution < 1.29 is 0 Å². The number of nitrogens with zero attached hydrogens (tertiary/aromatic N) is 4. The summed E-state index contributed by atoms with van der Waals surface area (Å²) >= 11 is 1.77. The molecule has 0 fully saturated rings. The molecule has 0 aliphatic rings. The Bertz CT molecular complexity index is 703. The van der Waals surface area contributed by atoms with Crippen LogP contribution in [0.3, 0.4) is 0 Å². The van der Waals surface area contributed by atoms with E-state index >= 15 is 0 Å². The first-order valence-corrected chi connectivity index (χ1v) is 7.29. The van der Waals surface area contributed by atoms with Gasteiger partial charge in [-0.3, -0.25) is 4.68 Å². The van der Waals surface area contributed by atoms with E-state index in [1.807, 2.05) is 14.1 Å². The minimum absolute atomic E-state index is 0.597. The van der Waals surface area contributed by atoms with Gasteiger partial charge in [-0.2, -0.15) is 15.1 Å². The highest BCUT2D eigenvalue weighted by atomic mass is 32.1. The topological polar surface area (TPSA) is 67.7 Å². The van der Waals surface area contributed by atoms with Crippen LogP contribution in [-0.4, -0.2) is 33.3 Å². The summed E-state index contributed by atoms with van der Waals surface area (Å²) < 4.78 is 1.75. The highest BCUT2D eigenvalue weighted by Crippen LogP contribution is 2.21. The monoisotopic (exact) mass is 288 g/mol. The van der Waals surface area contributed by atoms with Crippen molar-refractivity contribution >= 4 is 34.1 Å². The standard InChI is InChI=1S/C13H16N6S/c1-14-13-17-11(10-8-16-19(2)12(10)18-13)15-6-5-9-4-3-7-20-9/h3-4,7-8H,5-6H2,1-2H3,(H2,14,15,17,18). The SMILES string of the molecule is CNc1nc(NCCc2cccs2)c2cnn(C)c2n1. The Balaban J connectivity index is 1.82. The van der Waals surface area contributed by atoms with Crippen molar-refractivity contribution in [1.82, 2.24) is 19.7 Å². The lowest BCUT2D eigenvalue weighted by atomic mass is 10.3. The number of fused-ring (bicyclic) bond motifs is 1. The van der Waals surface area contributed by atoms with E-state index in [9.17, 15) is 0 Å². The summed E-state index contributed by atoms with van der Waals surface area (Å²) in [7, 11) is 3.69. The molecule has 2 N–H and O–H groups in total. The van der Waals surface area contributed by atoms with Gasteiger partial charge in [0.25, 0.3) is 0 Å². The second kappa shape index (κ2) is 5.46. The van der Waals surface area contributed by atoms with Crippen LogP contribution in [0.2, 0.25) is 0 Å². The molecule has 0 saturated carbocycles. The van der Waals surface area contributed by atoms with E-state index in [1.54, 1.807) is 22.2 Å². The van der Waals surface area contributed by atoms with Crippen LogP contribution in [0.5, 0.6) is 0 Å². The second-order valence-electron chi connectivity index (χ2n) is 4.41. The highest BCUT2D eigenvalue weighted by molar-refractivity contribution is 7.09. The first-order valence-electron chi connectivity index (χ1n) is 6.41. The van der Waals surface area contributed by atoms with Gasteiger partial charge in [-0.1, -0.05) is 6.07 Å². The Morgan fingerprint density at radius 3 is 3.00 bits per heavy atom. The molecule has 3 rings (SSSR count). The summed E-state index contributed by atoms with van der Waals surface area (Å²) in [6, 6.07) is 4.22. The van der Waals surface area contributed by atoms with Gasteiger partial charge in [-0.25, -0.2) is 0 Å². The molecule has 0 atom stereocenters. The lowest BCUT2D eigenvalue weighted by molar-refractivity contribution is 0.786. The first-order chi connectivity index (χ1) is 9.78. The van der Waals surface area contributed by atoms with Gasteiger partial charge in [0.05, 0.1) is 11.6 Å². The zero-order valence-corrected chi connectivity index (χ0v) is 12.2. The molecule has 3 heterocycles. The lowest BCUT2D eigenvalue weighted by Crippen LogP contribution is -2.08. The van der Waals surface area contributed by atoms with E-state index in [2.05, 4.69) is 43.2 Å². The van der Waals surface area contributed by atoms with Crippen LogP contribution in [0.4, 0.5) is 11.8 Å². The molecule has 3 aromatic heterocycles. The molecule has 0 bridgehead atoms. The Morgan fingerprint density at radius 1 is 1.35 bits per heavy atom. The molecule has 7 heteroatoms. The van der Waals surface area contributed by atoms with Crippen molar-refractivity contribution in [2.24, 2.45) is 7.05 Å². The van der Waals surface area contributed by atoms with Crippen molar-refractivity contribution in [1.29, 1.82) is 0 Å². The van der Waals surface area contributed by atoms with Gasteiger partial charge in [0.2, 0.25) is 5.95 Å². The Morgan fingerprint density at radius 2 is 2.25 bits per heavy atom. The van der Waals surface area contributed by atoms with Crippen molar-refractivity contribution in [3.63, 3.8) is 0 Å². The maximum atomic E-state index is 4.47. The molecular formula is C13H16N6S. The number of aryl methyl sites for hydroxylation is 1. The Labute approximate surface area is 120 Å². The van der Waals surface area contributed by atoms with Gasteiger partial charge < -0.3 is 10.6 Å². The van der Waals surface area contributed by atoms with Crippen LogP contribution in [0.1, 0.15) is 4.88 Å². The molecule has 0 unspecified atom stereocenters. The predicted molar refractivity (Wildman–Crippen MR) is 82.4 cm³/mol. The third-order valence-electron chi connectivity index (χ3n) is 3.06. The molecule has 0 saturated heterocycles. The number of nitrogens with one attached hydrogen (secondary N) is 2. The summed E-state index contributed by atoms with van der Waals surface area (Å²) in [5.74, 6) is 1.42. The molecule has 0 spiro atoms. The van der Waals surface area contributed by atoms with Gasteiger partial charge in [-0.15, -0.1) is 11.3 Å². The number of hydrogen-bond donors (Lipinski definition) is 2. The van der Waals surface area contributed by atoms with Crippen LogP contribution in [0.15, 0.2) is 23.7 Å². The van der Waals surface area contributed by atoms with Gasteiger partial charge in [0.1, 0.15) is 5.82 Å². The quantitative estimate of drug-likeness (QED) is 0.752. The summed E-state index contributed by atoms with van der Waals surface area (Å²) in [6.45, 7) is 0.838. The van der Waals surface area contributed by atoms with Crippen LogP contribution in [0, 0.1) is 0 Å². The molecule has 0 radical (unpaired) electrons. The fourth-order valence-corrected chi connectivity index (χ4v) is 2.74. The average molecular weight is 288 g/mol. The smallest absolute Gasteiger partial charge is 0.226 e. The van der Waals surface area contributed by atoms with Crippen molar-refractivity contribution in [3.05, 3.63) is 28.6 Å². The first kappa shape index (κ1) is 12.9. The lowest BCUT2D eigenvalue weighted by Gasteiger charge is -2.08. The molecular weight excluding hydrogens is 272 g/mol. The van der Waals surface area contributed by atoms with Crippen LogP contribution < -0.4 is 10.6 Å². The normalized spacial score (nSPS) is 10.9. The minimum atomic E-state index is 0.597. The summed E-state index contributed by atoms with van der Waals surface area (Å²) in [4.78, 5) is 10.2. The van der Waals surface area contributed by atoms with Crippen molar-refractivity contribution in [3.8, 4) is 0 Å². The zero-order chi connectivity index (χ0) is 13.9. The number of aromatic nitrogens is 4. The third-order valence-corrected chi connectivity index (χ3v) is 4.00. The Kier molecular flexibility index (Phi) is 3.51. The van der Waals surface area contributed by atoms with Gasteiger partial charge in [0.15, 0.2) is 5.65 Å². The third kappa shape index (κ3) is 2.44. The molecule has 104 valence electrons. The van der Waals surface area contributed by atoms with E-state index < -0.39 is 0 Å². The van der Waals surface area contributed by atoms with Crippen molar-refractivity contribution in [2.75, 3.05) is 24.2 Å². The highest BCUT2D eigenvalue weighted by Gasteiger charge is 2.10. The van der Waals surface area contributed by atoms with Gasteiger partial charge in [-0.05, 0) is 17.9 Å². The van der Waals surface area contributed by atoms with Gasteiger partial charge in [0, 0.05) is 25.5 Å². The Hall–Kier alpha value is -2.15. The fourth-order valence-electron chi connectivity index (χ4n) is 2.03. The maximum Gasteiger partial charge on any atom is 0.226 e. The summed E-state index contributed by atoms with van der Waals surface area (Å²) in [5, 5.41) is 13.6. The number of hydrogen-bond acceptors (Lipinski definition) is 6. The maximum absolute atomic E-state index is 4.47. The van der Waals surface area contributed by atoms with E-state index in [0.29, 0.717) is 5.95 Å². The molecule has 3 aromatic rings. The van der Waals surface area contributed by atoms with Crippen LogP contribution in [0.25, 0.3) is 11.0 Å².